The van der Waals surface area contributed by atoms with Gasteiger partial charge in [0.25, 0.3) is 0 Å². The maximum Gasteiger partial charge on any atom is 0.314 e. The van der Waals surface area contributed by atoms with Crippen LogP contribution in [0.2, 0.25) is 5.02 Å². The minimum Gasteiger partial charge on any atom is -0.549 e. The highest BCUT2D eigenvalue weighted by Gasteiger charge is 2.25. The summed E-state index contributed by atoms with van der Waals surface area (Å²) in [5.74, 6) is -4.06. The second kappa shape index (κ2) is 9.19. The molecule has 0 N–H and O–H groups in total. The van der Waals surface area contributed by atoms with Crippen LogP contribution in [0.5, 0.6) is 5.75 Å². The number of hydrogen-bond donors (Lipinski definition) is 0. The largest absolute Gasteiger partial charge is 0.549 e. The number of aliphatic carboxylic acids is 1. The van der Waals surface area contributed by atoms with Crippen molar-refractivity contribution in [2.24, 2.45) is 5.92 Å². The third kappa shape index (κ3) is 4.86. The highest BCUT2D eigenvalue weighted by atomic mass is 35.5. The topological polar surface area (TPSA) is 92.7 Å². The number of hydrogen-bond acceptors (Lipinski definition) is 6. The Hall–Kier alpha value is -2.86. The van der Waals surface area contributed by atoms with Crippen molar-refractivity contribution in [1.29, 1.82) is 0 Å². The van der Waals surface area contributed by atoms with Crippen LogP contribution in [0.25, 0.3) is 0 Å². The van der Waals surface area contributed by atoms with Gasteiger partial charge in [0.1, 0.15) is 11.7 Å². The number of esters is 1. The van der Waals surface area contributed by atoms with Crippen LogP contribution in [0.15, 0.2) is 42.5 Å². The third-order valence-corrected chi connectivity index (χ3v) is 4.18. The molecule has 2 rings (SSSR count). The summed E-state index contributed by atoms with van der Waals surface area (Å²) < 4.78 is 10.1. The SMILES string of the molecule is CCOC(=O)C(Cc1cccc(C(=O)c2ccc(Cl)cc2)c1OC)C(=O)[O-]. The summed E-state index contributed by atoms with van der Waals surface area (Å²) in [4.78, 5) is 36.1. The molecule has 1 atom stereocenters. The van der Waals surface area contributed by atoms with Crippen molar-refractivity contribution in [1.82, 2.24) is 0 Å². The zero-order valence-electron chi connectivity index (χ0n) is 14.9. The number of carbonyl (C=O) groups is 3. The number of carbonyl (C=O) groups excluding carboxylic acids is 3. The van der Waals surface area contributed by atoms with Gasteiger partial charge in [0.15, 0.2) is 5.78 Å². The van der Waals surface area contributed by atoms with Gasteiger partial charge in [-0.05, 0) is 49.2 Å². The number of carboxylic acids is 1. The van der Waals surface area contributed by atoms with Gasteiger partial charge in [-0.15, -0.1) is 0 Å². The molecule has 1 unspecified atom stereocenters. The van der Waals surface area contributed by atoms with Crippen molar-refractivity contribution < 1.29 is 29.0 Å². The summed E-state index contributed by atoms with van der Waals surface area (Å²) >= 11 is 5.85. The molecule has 0 radical (unpaired) electrons. The number of ether oxygens (including phenoxy) is 2. The fourth-order valence-corrected chi connectivity index (χ4v) is 2.77. The molecule has 0 fully saturated rings. The Kier molecular flexibility index (Phi) is 6.96. The molecule has 27 heavy (non-hydrogen) atoms. The van der Waals surface area contributed by atoms with E-state index < -0.39 is 17.9 Å². The van der Waals surface area contributed by atoms with E-state index in [4.69, 9.17) is 21.1 Å². The van der Waals surface area contributed by atoms with Crippen molar-refractivity contribution in [2.75, 3.05) is 13.7 Å². The molecule has 0 bridgehead atoms. The molecule has 2 aromatic rings. The van der Waals surface area contributed by atoms with E-state index >= 15 is 0 Å². The third-order valence-electron chi connectivity index (χ3n) is 3.93. The second-order valence-corrected chi connectivity index (χ2v) is 6.10. The molecule has 2 aromatic carbocycles. The van der Waals surface area contributed by atoms with E-state index in [1.165, 1.54) is 7.11 Å². The highest BCUT2D eigenvalue weighted by molar-refractivity contribution is 6.30. The van der Waals surface area contributed by atoms with Gasteiger partial charge in [0.05, 0.1) is 25.2 Å². The standard InChI is InChI=1S/C20H19ClO6/c1-3-27-20(25)16(19(23)24)11-13-5-4-6-15(18(13)26-2)17(22)12-7-9-14(21)10-8-12/h4-10,16H,3,11H2,1-2H3,(H,23,24)/p-1. The van der Waals surface area contributed by atoms with E-state index in [2.05, 4.69) is 0 Å². The van der Waals surface area contributed by atoms with Crippen molar-refractivity contribution in [3.8, 4) is 5.75 Å². The number of benzene rings is 2. The number of rotatable bonds is 8. The lowest BCUT2D eigenvalue weighted by Crippen LogP contribution is -2.38. The molecular formula is C20H18ClO6-. The van der Waals surface area contributed by atoms with E-state index in [1.807, 2.05) is 0 Å². The van der Waals surface area contributed by atoms with E-state index in [0.717, 1.165) is 0 Å². The van der Waals surface area contributed by atoms with Crippen LogP contribution < -0.4 is 9.84 Å². The molecule has 0 saturated heterocycles. The molecule has 0 aliphatic heterocycles. The first-order chi connectivity index (χ1) is 12.9. The van der Waals surface area contributed by atoms with Crippen molar-refractivity contribution in [3.05, 3.63) is 64.2 Å². The summed E-state index contributed by atoms with van der Waals surface area (Å²) in [6.45, 7) is 1.63. The van der Waals surface area contributed by atoms with Crippen LogP contribution in [-0.2, 0) is 20.7 Å². The quantitative estimate of drug-likeness (QED) is 0.390. The van der Waals surface area contributed by atoms with Crippen molar-refractivity contribution >= 4 is 29.3 Å². The first-order valence-corrected chi connectivity index (χ1v) is 8.60. The molecule has 0 aliphatic carbocycles. The molecular weight excluding hydrogens is 372 g/mol. The Balaban J connectivity index is 2.40. The summed E-state index contributed by atoms with van der Waals surface area (Å²) in [7, 11) is 1.37. The van der Waals surface area contributed by atoms with Gasteiger partial charge in [0, 0.05) is 10.6 Å². The predicted octanol–water partition coefficient (Wildman–Crippen LogP) is 2.05. The molecule has 0 aliphatic rings. The van der Waals surface area contributed by atoms with Crippen LogP contribution in [0, 0.1) is 5.92 Å². The van der Waals surface area contributed by atoms with Crippen LogP contribution in [-0.4, -0.2) is 31.4 Å². The molecule has 0 saturated carbocycles. The molecule has 0 aromatic heterocycles. The Morgan fingerprint density at radius 2 is 1.78 bits per heavy atom. The monoisotopic (exact) mass is 389 g/mol. The normalized spacial score (nSPS) is 11.5. The van der Waals surface area contributed by atoms with Gasteiger partial charge < -0.3 is 19.4 Å². The Bertz CT molecular complexity index is 844. The van der Waals surface area contributed by atoms with Crippen LogP contribution in [0.3, 0.4) is 0 Å². The number of halogens is 1. The average Bonchev–Trinajstić information content (AvgIpc) is 2.65. The summed E-state index contributed by atoms with van der Waals surface area (Å²) in [5, 5.41) is 11.9. The lowest BCUT2D eigenvalue weighted by molar-refractivity contribution is -0.310. The maximum absolute atomic E-state index is 12.8. The molecule has 7 heteroatoms. The Morgan fingerprint density at radius 3 is 2.33 bits per heavy atom. The first kappa shape index (κ1) is 20.5. The van der Waals surface area contributed by atoms with E-state index in [1.54, 1.807) is 49.4 Å². The zero-order chi connectivity index (χ0) is 20.0. The van der Waals surface area contributed by atoms with Gasteiger partial charge in [-0.3, -0.25) is 9.59 Å². The number of ketones is 1. The average molecular weight is 390 g/mol. The van der Waals surface area contributed by atoms with Gasteiger partial charge in [-0.25, -0.2) is 0 Å². The van der Waals surface area contributed by atoms with Crippen LogP contribution >= 0.6 is 11.6 Å². The van der Waals surface area contributed by atoms with Gasteiger partial charge in [-0.2, -0.15) is 0 Å². The number of carboxylic acid groups (broad SMARTS) is 1. The fourth-order valence-electron chi connectivity index (χ4n) is 2.65. The van der Waals surface area contributed by atoms with E-state index in [9.17, 15) is 19.5 Å². The molecule has 0 spiro atoms. The molecule has 142 valence electrons. The maximum atomic E-state index is 12.8. The van der Waals surface area contributed by atoms with Crippen LogP contribution in [0.1, 0.15) is 28.4 Å². The predicted molar refractivity (Wildman–Crippen MR) is 96.7 cm³/mol. The zero-order valence-corrected chi connectivity index (χ0v) is 15.6. The lowest BCUT2D eigenvalue weighted by Gasteiger charge is -2.19. The van der Waals surface area contributed by atoms with E-state index in [0.29, 0.717) is 16.1 Å². The van der Waals surface area contributed by atoms with E-state index in [-0.39, 0.29) is 30.1 Å². The second-order valence-electron chi connectivity index (χ2n) is 5.66. The smallest absolute Gasteiger partial charge is 0.314 e. The first-order valence-electron chi connectivity index (χ1n) is 8.22. The van der Waals surface area contributed by atoms with Crippen LogP contribution in [0.4, 0.5) is 0 Å². The van der Waals surface area contributed by atoms with Crippen molar-refractivity contribution in [3.63, 3.8) is 0 Å². The van der Waals surface area contributed by atoms with Crippen molar-refractivity contribution in [2.45, 2.75) is 13.3 Å². The molecule has 0 heterocycles. The summed E-state index contributed by atoms with van der Waals surface area (Å²) in [6, 6.07) is 11.1. The Morgan fingerprint density at radius 1 is 1.11 bits per heavy atom. The molecule has 0 amide bonds. The molecule has 6 nitrogen and oxygen atoms in total. The minimum absolute atomic E-state index is 0.0504. The summed E-state index contributed by atoms with van der Waals surface area (Å²) in [5.41, 5.74) is 1.04. The van der Waals surface area contributed by atoms with Gasteiger partial charge in [0.2, 0.25) is 0 Å². The Labute approximate surface area is 161 Å². The van der Waals surface area contributed by atoms with Gasteiger partial charge >= 0.3 is 5.97 Å². The lowest BCUT2D eigenvalue weighted by atomic mass is 9.94. The summed E-state index contributed by atoms with van der Waals surface area (Å²) in [6.07, 6.45) is -0.216. The number of methoxy groups -OCH3 is 1. The number of para-hydroxylation sites is 1. The fraction of sp³-hybridized carbons (Fsp3) is 0.250. The van der Waals surface area contributed by atoms with Gasteiger partial charge in [-0.1, -0.05) is 23.7 Å². The minimum atomic E-state index is -1.55. The highest BCUT2D eigenvalue weighted by Crippen LogP contribution is 2.29.